The third-order valence-electron chi connectivity index (χ3n) is 4.36. The van der Waals surface area contributed by atoms with E-state index in [4.69, 9.17) is 5.11 Å². The van der Waals surface area contributed by atoms with Gasteiger partial charge >= 0.3 is 5.97 Å². The Morgan fingerprint density at radius 1 is 1.25 bits per heavy atom. The lowest BCUT2D eigenvalue weighted by Gasteiger charge is -2.42. The summed E-state index contributed by atoms with van der Waals surface area (Å²) in [5.41, 5.74) is 0.483. The molecule has 0 bridgehead atoms. The molecule has 0 unspecified atom stereocenters. The number of nitrogens with one attached hydrogen (secondary N) is 1. The maximum atomic E-state index is 13.4. The van der Waals surface area contributed by atoms with Crippen LogP contribution < -0.4 is 5.32 Å². The van der Waals surface area contributed by atoms with Gasteiger partial charge in [-0.2, -0.15) is 0 Å². The standard InChI is InChI=1S/C18H17FN2O3/c19-14-4-1-3-12(9-14)11-18(6-2-7-18)21-16(22)15-10-13(17(23)24)5-8-20-15/h1,3-5,8-10H,2,6-7,11H2,(H,21,22)(H,23,24). The van der Waals surface area contributed by atoms with E-state index in [2.05, 4.69) is 10.3 Å². The summed E-state index contributed by atoms with van der Waals surface area (Å²) in [7, 11) is 0. The third-order valence-corrected chi connectivity index (χ3v) is 4.36. The van der Waals surface area contributed by atoms with E-state index in [1.165, 1.54) is 30.5 Å². The quantitative estimate of drug-likeness (QED) is 0.884. The smallest absolute Gasteiger partial charge is 0.335 e. The highest BCUT2D eigenvalue weighted by Gasteiger charge is 2.38. The Morgan fingerprint density at radius 3 is 2.67 bits per heavy atom. The molecule has 24 heavy (non-hydrogen) atoms. The average Bonchev–Trinajstić information content (AvgIpc) is 2.53. The molecule has 1 aromatic heterocycles. The zero-order chi connectivity index (χ0) is 17.2. The lowest BCUT2D eigenvalue weighted by atomic mass is 9.72. The average molecular weight is 328 g/mol. The van der Waals surface area contributed by atoms with Crippen molar-refractivity contribution in [1.29, 1.82) is 0 Å². The zero-order valence-electron chi connectivity index (χ0n) is 13.0. The molecular weight excluding hydrogens is 311 g/mol. The number of carbonyl (C=O) groups is 2. The predicted octanol–water partition coefficient (Wildman–Crippen LogP) is 2.81. The molecule has 0 aliphatic heterocycles. The number of amides is 1. The zero-order valence-corrected chi connectivity index (χ0v) is 13.0. The molecule has 1 aromatic carbocycles. The second-order valence-corrected chi connectivity index (χ2v) is 6.13. The first-order valence-electron chi connectivity index (χ1n) is 7.74. The summed E-state index contributed by atoms with van der Waals surface area (Å²) in [5.74, 6) is -1.82. The van der Waals surface area contributed by atoms with E-state index in [9.17, 15) is 14.0 Å². The lowest BCUT2D eigenvalue weighted by Crippen LogP contribution is -2.55. The predicted molar refractivity (Wildman–Crippen MR) is 85.3 cm³/mol. The first kappa shape index (κ1) is 16.1. The van der Waals surface area contributed by atoms with Crippen molar-refractivity contribution in [1.82, 2.24) is 10.3 Å². The molecule has 3 rings (SSSR count). The Balaban J connectivity index is 1.76. The number of rotatable bonds is 5. The van der Waals surface area contributed by atoms with Crippen molar-refractivity contribution >= 4 is 11.9 Å². The molecule has 0 atom stereocenters. The molecule has 1 amide bonds. The molecule has 1 fully saturated rings. The van der Waals surface area contributed by atoms with E-state index in [0.717, 1.165) is 24.8 Å². The van der Waals surface area contributed by atoms with Crippen LogP contribution >= 0.6 is 0 Å². The number of carboxylic acids is 1. The minimum atomic E-state index is -1.11. The minimum Gasteiger partial charge on any atom is -0.478 e. The molecule has 1 aliphatic rings. The number of carbonyl (C=O) groups excluding carboxylic acids is 1. The number of nitrogens with zero attached hydrogens (tertiary/aromatic N) is 1. The lowest BCUT2D eigenvalue weighted by molar-refractivity contribution is 0.0696. The molecule has 124 valence electrons. The normalized spacial score (nSPS) is 15.4. The summed E-state index contributed by atoms with van der Waals surface area (Å²) in [5, 5.41) is 12.0. The number of hydrogen-bond donors (Lipinski definition) is 2. The second kappa shape index (κ2) is 6.39. The number of hydrogen-bond acceptors (Lipinski definition) is 3. The van der Waals surface area contributed by atoms with Gasteiger partial charge in [-0.05, 0) is 55.5 Å². The Morgan fingerprint density at radius 2 is 2.04 bits per heavy atom. The summed E-state index contributed by atoms with van der Waals surface area (Å²) < 4.78 is 13.4. The highest BCUT2D eigenvalue weighted by molar-refractivity contribution is 5.96. The van der Waals surface area contributed by atoms with Gasteiger partial charge in [0.05, 0.1) is 5.56 Å². The van der Waals surface area contributed by atoms with E-state index in [0.29, 0.717) is 6.42 Å². The Bertz CT molecular complexity index is 787. The van der Waals surface area contributed by atoms with Gasteiger partial charge in [0.2, 0.25) is 0 Å². The summed E-state index contributed by atoms with van der Waals surface area (Å²) in [6.45, 7) is 0. The Kier molecular flexibility index (Phi) is 4.29. The second-order valence-electron chi connectivity index (χ2n) is 6.13. The van der Waals surface area contributed by atoms with Crippen LogP contribution in [0.4, 0.5) is 4.39 Å². The molecule has 2 aromatic rings. The minimum absolute atomic E-state index is 0.0166. The molecule has 0 spiro atoms. The maximum absolute atomic E-state index is 13.4. The van der Waals surface area contributed by atoms with Crippen molar-refractivity contribution in [3.63, 3.8) is 0 Å². The Hall–Kier alpha value is -2.76. The highest BCUT2D eigenvalue weighted by Crippen LogP contribution is 2.35. The van der Waals surface area contributed by atoms with Crippen molar-refractivity contribution in [2.45, 2.75) is 31.2 Å². The number of aromatic nitrogens is 1. The fourth-order valence-electron chi connectivity index (χ4n) is 2.98. The van der Waals surface area contributed by atoms with Gasteiger partial charge in [0.25, 0.3) is 5.91 Å². The molecular formula is C18H17FN2O3. The first-order chi connectivity index (χ1) is 11.5. The van der Waals surface area contributed by atoms with Crippen LogP contribution in [0.3, 0.4) is 0 Å². The van der Waals surface area contributed by atoms with E-state index >= 15 is 0 Å². The van der Waals surface area contributed by atoms with Crippen LogP contribution in [0.5, 0.6) is 0 Å². The van der Waals surface area contributed by atoms with Gasteiger partial charge < -0.3 is 10.4 Å². The van der Waals surface area contributed by atoms with Gasteiger partial charge in [0, 0.05) is 11.7 Å². The number of pyridine rings is 1. The van der Waals surface area contributed by atoms with Gasteiger partial charge in [-0.3, -0.25) is 9.78 Å². The molecule has 6 heteroatoms. The molecule has 2 N–H and O–H groups in total. The molecule has 1 heterocycles. The van der Waals surface area contributed by atoms with Gasteiger partial charge in [-0.25, -0.2) is 9.18 Å². The van der Waals surface area contributed by atoms with Gasteiger partial charge in [0.1, 0.15) is 11.5 Å². The van der Waals surface area contributed by atoms with Gasteiger partial charge in [-0.15, -0.1) is 0 Å². The fraction of sp³-hybridized carbons (Fsp3) is 0.278. The van der Waals surface area contributed by atoms with Gasteiger partial charge in [-0.1, -0.05) is 12.1 Å². The third kappa shape index (κ3) is 3.42. The van der Waals surface area contributed by atoms with Crippen LogP contribution in [0.1, 0.15) is 45.7 Å². The van der Waals surface area contributed by atoms with Crippen molar-refractivity contribution in [3.8, 4) is 0 Å². The Labute approximate surface area is 138 Å². The molecule has 0 radical (unpaired) electrons. The largest absolute Gasteiger partial charge is 0.478 e. The molecule has 1 saturated carbocycles. The molecule has 1 aliphatic carbocycles. The summed E-state index contributed by atoms with van der Waals surface area (Å²) >= 11 is 0. The first-order valence-corrected chi connectivity index (χ1v) is 7.74. The topological polar surface area (TPSA) is 79.3 Å². The van der Waals surface area contributed by atoms with Crippen LogP contribution in [0, 0.1) is 5.82 Å². The van der Waals surface area contributed by atoms with Crippen molar-refractivity contribution < 1.29 is 19.1 Å². The van der Waals surface area contributed by atoms with Crippen LogP contribution in [0.15, 0.2) is 42.6 Å². The van der Waals surface area contributed by atoms with E-state index in [-0.39, 0.29) is 17.1 Å². The number of aromatic carboxylic acids is 1. The van der Waals surface area contributed by atoms with Crippen LogP contribution in [0.25, 0.3) is 0 Å². The molecule has 0 saturated heterocycles. The highest BCUT2D eigenvalue weighted by atomic mass is 19.1. The number of carboxylic acid groups (broad SMARTS) is 1. The summed E-state index contributed by atoms with van der Waals surface area (Å²) in [6, 6.07) is 8.93. The fourth-order valence-corrected chi connectivity index (χ4v) is 2.98. The van der Waals surface area contributed by atoms with E-state index < -0.39 is 17.4 Å². The van der Waals surface area contributed by atoms with Crippen molar-refractivity contribution in [3.05, 3.63) is 65.2 Å². The van der Waals surface area contributed by atoms with Crippen molar-refractivity contribution in [2.24, 2.45) is 0 Å². The van der Waals surface area contributed by atoms with Crippen LogP contribution in [-0.2, 0) is 6.42 Å². The van der Waals surface area contributed by atoms with Gasteiger partial charge in [0.15, 0.2) is 0 Å². The van der Waals surface area contributed by atoms with Crippen LogP contribution in [0.2, 0.25) is 0 Å². The number of halogens is 1. The van der Waals surface area contributed by atoms with Crippen LogP contribution in [-0.4, -0.2) is 27.5 Å². The van der Waals surface area contributed by atoms with Crippen molar-refractivity contribution in [2.75, 3.05) is 0 Å². The van der Waals surface area contributed by atoms with E-state index in [1.54, 1.807) is 6.07 Å². The summed E-state index contributed by atoms with van der Waals surface area (Å²) in [6.07, 6.45) is 4.42. The van der Waals surface area contributed by atoms with E-state index in [1.807, 2.05) is 6.07 Å². The molecule has 5 nitrogen and oxygen atoms in total. The SMILES string of the molecule is O=C(O)c1ccnc(C(=O)NC2(Cc3cccc(F)c3)CCC2)c1. The summed E-state index contributed by atoms with van der Waals surface area (Å²) in [4.78, 5) is 27.4. The maximum Gasteiger partial charge on any atom is 0.335 e. The number of benzene rings is 1. The monoisotopic (exact) mass is 328 g/mol.